The summed E-state index contributed by atoms with van der Waals surface area (Å²) in [5.41, 5.74) is 0. The highest BCUT2D eigenvalue weighted by Gasteiger charge is 2.27. The first-order chi connectivity index (χ1) is 9.15. The van der Waals surface area contributed by atoms with Crippen molar-refractivity contribution in [2.24, 2.45) is 5.92 Å². The molecule has 5 heteroatoms. The summed E-state index contributed by atoms with van der Waals surface area (Å²) in [6.45, 7) is 3.29. The van der Waals surface area contributed by atoms with Gasteiger partial charge in [-0.05, 0) is 37.8 Å². The Bertz CT molecular complexity index is 366. The van der Waals surface area contributed by atoms with E-state index in [0.717, 1.165) is 12.8 Å². The van der Waals surface area contributed by atoms with Crippen LogP contribution in [0, 0.1) is 5.92 Å². The fourth-order valence-electron chi connectivity index (χ4n) is 1.92. The first-order valence-corrected chi connectivity index (χ1v) is 6.91. The van der Waals surface area contributed by atoms with Crippen molar-refractivity contribution in [3.05, 3.63) is 24.3 Å². The fraction of sp³-hybridized carbons (Fsp3) is 0.571. The molecule has 1 atom stereocenters. The Morgan fingerprint density at radius 2 is 2.21 bits per heavy atom. The molecule has 0 spiro atoms. The first-order valence-electron chi connectivity index (χ1n) is 6.54. The van der Waals surface area contributed by atoms with Crippen molar-refractivity contribution in [1.82, 2.24) is 4.90 Å². The zero-order valence-electron chi connectivity index (χ0n) is 11.2. The normalized spacial score (nSPS) is 20.1. The molecule has 0 aliphatic carbocycles. The number of likely N-dealkylation sites (tertiary alicyclic amines) is 1. The molecule has 1 rings (SSSR count). The quantitative estimate of drug-likeness (QED) is 0.443. The molecule has 0 saturated carbocycles. The van der Waals surface area contributed by atoms with E-state index in [-0.39, 0.29) is 17.3 Å². The molecule has 4 nitrogen and oxygen atoms in total. The van der Waals surface area contributed by atoms with E-state index < -0.39 is 0 Å². The largest absolute Gasteiger partial charge is 0.449 e. The van der Waals surface area contributed by atoms with Crippen LogP contribution in [0.25, 0.3) is 0 Å². The van der Waals surface area contributed by atoms with Gasteiger partial charge in [0.1, 0.15) is 0 Å². The summed E-state index contributed by atoms with van der Waals surface area (Å²) in [7, 11) is 0. The minimum atomic E-state index is -0.369. The average Bonchev–Trinajstić information content (AvgIpc) is 2.42. The van der Waals surface area contributed by atoms with E-state index in [4.69, 9.17) is 16.3 Å². The lowest BCUT2D eigenvalue weighted by molar-refractivity contribution is -0.116. The van der Waals surface area contributed by atoms with Gasteiger partial charge < -0.3 is 9.64 Å². The Labute approximate surface area is 119 Å². The molecule has 1 aliphatic rings. The van der Waals surface area contributed by atoms with E-state index in [1.54, 1.807) is 4.90 Å². The third-order valence-electron chi connectivity index (χ3n) is 2.95. The smallest absolute Gasteiger partial charge is 0.409 e. The molecule has 0 bridgehead atoms. The molecular formula is C14H20ClNO3. The van der Waals surface area contributed by atoms with Gasteiger partial charge in [0, 0.05) is 13.1 Å². The molecule has 19 heavy (non-hydrogen) atoms. The first kappa shape index (κ1) is 15.8. The maximum atomic E-state index is 11.8. The number of carbonyl (C=O) groups is 2. The van der Waals surface area contributed by atoms with Gasteiger partial charge in [-0.3, -0.25) is 4.79 Å². The number of ether oxygens (including phenoxy) is 1. The van der Waals surface area contributed by atoms with E-state index >= 15 is 0 Å². The van der Waals surface area contributed by atoms with Crippen molar-refractivity contribution in [2.45, 2.75) is 26.2 Å². The Morgan fingerprint density at radius 3 is 2.89 bits per heavy atom. The van der Waals surface area contributed by atoms with Crippen LogP contribution in [-0.4, -0.2) is 35.9 Å². The van der Waals surface area contributed by atoms with Gasteiger partial charge in [0.25, 0.3) is 0 Å². The van der Waals surface area contributed by atoms with Crippen molar-refractivity contribution in [3.8, 4) is 0 Å². The lowest BCUT2D eigenvalue weighted by atomic mass is 10.00. The van der Waals surface area contributed by atoms with Crippen LogP contribution in [0.3, 0.4) is 0 Å². The monoisotopic (exact) mass is 285 g/mol. The molecule has 1 unspecified atom stereocenters. The number of carbonyl (C=O) groups excluding carboxylic acids is 2. The molecule has 0 N–H and O–H groups in total. The van der Waals surface area contributed by atoms with Crippen LogP contribution in [0.5, 0.6) is 0 Å². The van der Waals surface area contributed by atoms with Crippen molar-refractivity contribution in [3.63, 3.8) is 0 Å². The number of halogens is 1. The van der Waals surface area contributed by atoms with E-state index in [0.29, 0.717) is 26.1 Å². The van der Waals surface area contributed by atoms with Crippen molar-refractivity contribution in [1.29, 1.82) is 0 Å². The molecular weight excluding hydrogens is 266 g/mol. The van der Waals surface area contributed by atoms with Gasteiger partial charge in [-0.15, -0.1) is 0 Å². The van der Waals surface area contributed by atoms with Crippen LogP contribution in [0.2, 0.25) is 0 Å². The zero-order valence-corrected chi connectivity index (χ0v) is 11.9. The van der Waals surface area contributed by atoms with Crippen molar-refractivity contribution in [2.75, 3.05) is 19.7 Å². The Hall–Kier alpha value is -1.29. The molecule has 106 valence electrons. The van der Waals surface area contributed by atoms with Gasteiger partial charge in [0.05, 0.1) is 12.5 Å². The molecule has 0 aromatic heterocycles. The Morgan fingerprint density at radius 1 is 1.42 bits per heavy atom. The van der Waals surface area contributed by atoms with Crippen LogP contribution in [0.15, 0.2) is 24.3 Å². The SMILES string of the molecule is C/C=C\C=C/CCOC(=O)N1CCCC(C(=O)Cl)C1. The number of amides is 1. The number of rotatable bonds is 5. The van der Waals surface area contributed by atoms with Gasteiger partial charge in [0.15, 0.2) is 0 Å². The number of hydrogen-bond donors (Lipinski definition) is 0. The molecule has 0 aromatic carbocycles. The van der Waals surface area contributed by atoms with Crippen LogP contribution in [0.4, 0.5) is 4.79 Å². The van der Waals surface area contributed by atoms with E-state index in [9.17, 15) is 9.59 Å². The predicted octanol–water partition coefficient (Wildman–Crippen LogP) is 3.12. The molecule has 1 amide bonds. The summed E-state index contributed by atoms with van der Waals surface area (Å²) in [6, 6.07) is 0. The van der Waals surface area contributed by atoms with E-state index in [2.05, 4.69) is 0 Å². The highest BCUT2D eigenvalue weighted by Crippen LogP contribution is 2.19. The summed E-state index contributed by atoms with van der Waals surface area (Å²) in [6.07, 6.45) is 9.56. The molecule has 0 aromatic rings. The highest BCUT2D eigenvalue weighted by atomic mass is 35.5. The molecule has 1 fully saturated rings. The second-order valence-electron chi connectivity index (χ2n) is 4.45. The Kier molecular flexibility index (Phi) is 7.26. The molecule has 0 radical (unpaired) electrons. The minimum absolute atomic E-state index is 0.252. The summed E-state index contributed by atoms with van der Waals surface area (Å²) < 4.78 is 5.15. The summed E-state index contributed by atoms with van der Waals surface area (Å²) in [5, 5.41) is -0.369. The number of nitrogens with zero attached hydrogens (tertiary/aromatic N) is 1. The molecule has 1 aliphatic heterocycles. The fourth-order valence-corrected chi connectivity index (χ4v) is 2.10. The number of hydrogen-bond acceptors (Lipinski definition) is 3. The Balaban J connectivity index is 2.27. The van der Waals surface area contributed by atoms with Gasteiger partial charge in [-0.25, -0.2) is 4.79 Å². The van der Waals surface area contributed by atoms with Crippen LogP contribution >= 0.6 is 11.6 Å². The van der Waals surface area contributed by atoms with Crippen LogP contribution in [-0.2, 0) is 9.53 Å². The van der Waals surface area contributed by atoms with Crippen LogP contribution < -0.4 is 0 Å². The lowest BCUT2D eigenvalue weighted by Gasteiger charge is -2.30. The van der Waals surface area contributed by atoms with Crippen molar-refractivity contribution < 1.29 is 14.3 Å². The third-order valence-corrected chi connectivity index (χ3v) is 3.26. The van der Waals surface area contributed by atoms with Gasteiger partial charge in [-0.1, -0.05) is 24.3 Å². The molecule has 1 saturated heterocycles. The summed E-state index contributed by atoms with van der Waals surface area (Å²) >= 11 is 5.47. The number of piperidine rings is 1. The molecule has 1 heterocycles. The average molecular weight is 286 g/mol. The minimum Gasteiger partial charge on any atom is -0.449 e. The summed E-state index contributed by atoms with van der Waals surface area (Å²) in [4.78, 5) is 24.4. The third kappa shape index (κ3) is 5.92. The lowest BCUT2D eigenvalue weighted by Crippen LogP contribution is -2.41. The van der Waals surface area contributed by atoms with Crippen molar-refractivity contribution >= 4 is 22.9 Å². The zero-order chi connectivity index (χ0) is 14.1. The van der Waals surface area contributed by atoms with E-state index in [1.165, 1.54) is 0 Å². The van der Waals surface area contributed by atoms with Gasteiger partial charge >= 0.3 is 6.09 Å². The number of allylic oxidation sites excluding steroid dienone is 3. The second-order valence-corrected chi connectivity index (χ2v) is 4.82. The maximum Gasteiger partial charge on any atom is 0.409 e. The van der Waals surface area contributed by atoms with Gasteiger partial charge in [0.2, 0.25) is 5.24 Å². The maximum absolute atomic E-state index is 11.8. The second kappa shape index (κ2) is 8.75. The predicted molar refractivity (Wildman–Crippen MR) is 75.1 cm³/mol. The van der Waals surface area contributed by atoms with Gasteiger partial charge in [-0.2, -0.15) is 0 Å². The van der Waals surface area contributed by atoms with Crippen LogP contribution in [0.1, 0.15) is 26.2 Å². The topological polar surface area (TPSA) is 46.6 Å². The van der Waals surface area contributed by atoms with E-state index in [1.807, 2.05) is 31.2 Å². The summed E-state index contributed by atoms with van der Waals surface area (Å²) in [5.74, 6) is -0.252. The highest BCUT2D eigenvalue weighted by molar-refractivity contribution is 6.64. The standard InChI is InChI=1S/C14H20ClNO3/c1-2-3-4-5-6-10-19-14(18)16-9-7-8-12(11-16)13(15)17/h2-5,12H,6-11H2,1H3/b3-2-,5-4-.